The predicted octanol–water partition coefficient (Wildman–Crippen LogP) is 3.27. The Bertz CT molecular complexity index is 380. The van der Waals surface area contributed by atoms with Crippen LogP contribution in [0.25, 0.3) is 0 Å². The zero-order chi connectivity index (χ0) is 12.9. The lowest BCUT2D eigenvalue weighted by atomic mass is 9.87. The molecule has 0 amide bonds. The van der Waals surface area contributed by atoms with Gasteiger partial charge in [-0.3, -0.25) is 0 Å². The van der Waals surface area contributed by atoms with E-state index in [0.717, 1.165) is 24.8 Å². The van der Waals surface area contributed by atoms with E-state index in [0.29, 0.717) is 6.54 Å². The van der Waals surface area contributed by atoms with Gasteiger partial charge in [0.1, 0.15) is 12.1 Å². The standard InChI is InChI=1S/C14H20FNO/c1-4-8-14(2,11-17)10-16(3)13-7-5-6-12(15)9-13/h5-7,9,11H,4,8,10H2,1-3H3. The molecule has 1 aromatic carbocycles. The number of hydrogen-bond donors (Lipinski definition) is 0. The molecule has 3 heteroatoms. The van der Waals surface area contributed by atoms with Gasteiger partial charge in [-0.25, -0.2) is 4.39 Å². The third-order valence-corrected chi connectivity index (χ3v) is 2.95. The van der Waals surface area contributed by atoms with Crippen molar-refractivity contribution in [1.82, 2.24) is 0 Å². The highest BCUT2D eigenvalue weighted by Crippen LogP contribution is 2.24. The lowest BCUT2D eigenvalue weighted by Gasteiger charge is -2.30. The summed E-state index contributed by atoms with van der Waals surface area (Å²) in [5.74, 6) is -0.252. The first-order valence-electron chi connectivity index (χ1n) is 5.94. The van der Waals surface area contributed by atoms with Gasteiger partial charge in [-0.15, -0.1) is 0 Å². The molecule has 17 heavy (non-hydrogen) atoms. The second-order valence-corrected chi connectivity index (χ2v) is 4.86. The van der Waals surface area contributed by atoms with Crippen molar-refractivity contribution in [1.29, 1.82) is 0 Å². The van der Waals surface area contributed by atoms with E-state index in [1.165, 1.54) is 12.1 Å². The van der Waals surface area contributed by atoms with Crippen molar-refractivity contribution < 1.29 is 9.18 Å². The highest BCUT2D eigenvalue weighted by atomic mass is 19.1. The molecule has 1 aromatic rings. The van der Waals surface area contributed by atoms with Crippen LogP contribution in [0.15, 0.2) is 24.3 Å². The molecule has 0 bridgehead atoms. The Balaban J connectivity index is 2.77. The summed E-state index contributed by atoms with van der Waals surface area (Å²) >= 11 is 0. The minimum atomic E-state index is -0.365. The van der Waals surface area contributed by atoms with E-state index in [9.17, 15) is 9.18 Å². The van der Waals surface area contributed by atoms with Gasteiger partial charge in [0.05, 0.1) is 0 Å². The van der Waals surface area contributed by atoms with Crippen molar-refractivity contribution in [3.05, 3.63) is 30.1 Å². The van der Waals surface area contributed by atoms with Crippen molar-refractivity contribution in [3.63, 3.8) is 0 Å². The summed E-state index contributed by atoms with van der Waals surface area (Å²) in [6.07, 6.45) is 2.81. The average Bonchev–Trinajstić information content (AvgIpc) is 2.29. The molecule has 0 aliphatic rings. The lowest BCUT2D eigenvalue weighted by Crippen LogP contribution is -2.34. The largest absolute Gasteiger partial charge is 0.374 e. The molecule has 94 valence electrons. The topological polar surface area (TPSA) is 20.3 Å². The van der Waals surface area contributed by atoms with Gasteiger partial charge in [0.15, 0.2) is 0 Å². The van der Waals surface area contributed by atoms with Crippen LogP contribution < -0.4 is 4.90 Å². The molecule has 0 radical (unpaired) electrons. The first-order valence-corrected chi connectivity index (χ1v) is 5.94. The van der Waals surface area contributed by atoms with Crippen LogP contribution in [0, 0.1) is 11.2 Å². The Labute approximate surface area is 102 Å². The van der Waals surface area contributed by atoms with Gasteiger partial charge in [0.25, 0.3) is 0 Å². The molecule has 0 heterocycles. The monoisotopic (exact) mass is 237 g/mol. The Morgan fingerprint density at radius 3 is 2.71 bits per heavy atom. The van der Waals surface area contributed by atoms with Gasteiger partial charge in [-0.1, -0.05) is 26.3 Å². The minimum absolute atomic E-state index is 0.252. The summed E-state index contributed by atoms with van der Waals surface area (Å²) in [5.41, 5.74) is 0.435. The zero-order valence-corrected chi connectivity index (χ0v) is 10.7. The van der Waals surface area contributed by atoms with Crippen LogP contribution in [-0.2, 0) is 4.79 Å². The Hall–Kier alpha value is -1.38. The van der Waals surface area contributed by atoms with Crippen LogP contribution >= 0.6 is 0 Å². The number of carbonyl (C=O) groups is 1. The second kappa shape index (κ2) is 5.80. The van der Waals surface area contributed by atoms with Crippen LogP contribution in [0.5, 0.6) is 0 Å². The van der Waals surface area contributed by atoms with Crippen molar-refractivity contribution in [2.45, 2.75) is 26.7 Å². The number of halogens is 1. The van der Waals surface area contributed by atoms with Gasteiger partial charge in [-0.05, 0) is 24.6 Å². The van der Waals surface area contributed by atoms with E-state index in [1.54, 1.807) is 6.07 Å². The Kier molecular flexibility index (Phi) is 4.67. The van der Waals surface area contributed by atoms with Crippen molar-refractivity contribution >= 4 is 12.0 Å². The highest BCUT2D eigenvalue weighted by Gasteiger charge is 2.24. The van der Waals surface area contributed by atoms with Gasteiger partial charge >= 0.3 is 0 Å². The number of carbonyl (C=O) groups excluding carboxylic acids is 1. The number of nitrogens with zero attached hydrogens (tertiary/aromatic N) is 1. The quantitative estimate of drug-likeness (QED) is 0.708. The fourth-order valence-corrected chi connectivity index (χ4v) is 2.09. The second-order valence-electron chi connectivity index (χ2n) is 4.86. The van der Waals surface area contributed by atoms with E-state index in [2.05, 4.69) is 6.92 Å². The molecule has 2 nitrogen and oxygen atoms in total. The maximum absolute atomic E-state index is 13.1. The molecular weight excluding hydrogens is 217 g/mol. The molecule has 0 aromatic heterocycles. The molecule has 0 saturated heterocycles. The summed E-state index contributed by atoms with van der Waals surface area (Å²) in [6, 6.07) is 6.43. The summed E-state index contributed by atoms with van der Waals surface area (Å²) in [7, 11) is 1.88. The molecule has 1 rings (SSSR count). The summed E-state index contributed by atoms with van der Waals surface area (Å²) in [5, 5.41) is 0. The van der Waals surface area contributed by atoms with Gasteiger partial charge < -0.3 is 9.69 Å². The summed E-state index contributed by atoms with van der Waals surface area (Å²) < 4.78 is 13.1. The molecule has 1 unspecified atom stereocenters. The average molecular weight is 237 g/mol. The highest BCUT2D eigenvalue weighted by molar-refractivity contribution is 5.61. The third kappa shape index (κ3) is 3.84. The molecule has 0 saturated carbocycles. The van der Waals surface area contributed by atoms with Crippen LogP contribution in [0.3, 0.4) is 0 Å². The Morgan fingerprint density at radius 1 is 1.47 bits per heavy atom. The van der Waals surface area contributed by atoms with Gasteiger partial charge in [-0.2, -0.15) is 0 Å². The van der Waals surface area contributed by atoms with Crippen LogP contribution in [0.1, 0.15) is 26.7 Å². The van der Waals surface area contributed by atoms with E-state index in [4.69, 9.17) is 0 Å². The maximum atomic E-state index is 13.1. The predicted molar refractivity (Wildman–Crippen MR) is 68.7 cm³/mol. The van der Waals surface area contributed by atoms with Crippen molar-refractivity contribution in [2.24, 2.45) is 5.41 Å². The number of hydrogen-bond acceptors (Lipinski definition) is 2. The minimum Gasteiger partial charge on any atom is -0.374 e. The van der Waals surface area contributed by atoms with E-state index >= 15 is 0 Å². The molecule has 0 aliphatic heterocycles. The van der Waals surface area contributed by atoms with Gasteiger partial charge in [0, 0.05) is 24.7 Å². The number of aldehydes is 1. The smallest absolute Gasteiger partial charge is 0.127 e. The van der Waals surface area contributed by atoms with Crippen molar-refractivity contribution in [2.75, 3.05) is 18.5 Å². The fourth-order valence-electron chi connectivity index (χ4n) is 2.09. The summed E-state index contributed by atoms with van der Waals surface area (Å²) in [4.78, 5) is 13.1. The lowest BCUT2D eigenvalue weighted by molar-refractivity contribution is -0.115. The molecule has 0 N–H and O–H groups in total. The zero-order valence-electron chi connectivity index (χ0n) is 10.7. The first-order chi connectivity index (χ1) is 8.00. The molecule has 0 fully saturated rings. The van der Waals surface area contributed by atoms with Crippen molar-refractivity contribution in [3.8, 4) is 0 Å². The molecular formula is C14H20FNO. The fraction of sp³-hybridized carbons (Fsp3) is 0.500. The van der Waals surface area contributed by atoms with Crippen LogP contribution in [0.4, 0.5) is 10.1 Å². The maximum Gasteiger partial charge on any atom is 0.127 e. The van der Waals surface area contributed by atoms with E-state index < -0.39 is 0 Å². The first kappa shape index (κ1) is 13.7. The van der Waals surface area contributed by atoms with E-state index in [1.807, 2.05) is 24.9 Å². The van der Waals surface area contributed by atoms with Crippen LogP contribution in [0.2, 0.25) is 0 Å². The summed E-state index contributed by atoms with van der Waals surface area (Å²) in [6.45, 7) is 4.61. The number of benzene rings is 1. The van der Waals surface area contributed by atoms with E-state index in [-0.39, 0.29) is 11.2 Å². The SMILES string of the molecule is CCCC(C)(C=O)CN(C)c1cccc(F)c1. The van der Waals surface area contributed by atoms with Gasteiger partial charge in [0.2, 0.25) is 0 Å². The normalized spacial score (nSPS) is 14.1. The molecule has 0 aliphatic carbocycles. The molecule has 1 atom stereocenters. The number of rotatable bonds is 6. The molecule has 0 spiro atoms. The number of anilines is 1. The third-order valence-electron chi connectivity index (χ3n) is 2.95. The Morgan fingerprint density at radius 2 is 2.18 bits per heavy atom. The van der Waals surface area contributed by atoms with Crippen LogP contribution in [-0.4, -0.2) is 19.9 Å².